The van der Waals surface area contributed by atoms with E-state index in [1.165, 1.54) is 0 Å². The second-order valence-corrected chi connectivity index (χ2v) is 8.15. The molecule has 1 nitrogen and oxygen atoms in total. The molecule has 0 aromatic heterocycles. The van der Waals surface area contributed by atoms with Crippen LogP contribution in [0.3, 0.4) is 0 Å². The SMILES string of the molecule is Cl/C(=N\C(Cl)(Cl)C(Cl)(Cl)Cl)C(Cl)(Cl)Cl. The van der Waals surface area contributed by atoms with Crippen LogP contribution < -0.4 is 0 Å². The molecule has 84 valence electrons. The van der Waals surface area contributed by atoms with E-state index in [2.05, 4.69) is 4.99 Å². The molecular formula is C4Cl9N. The molecule has 0 N–H and O–H groups in total. The van der Waals surface area contributed by atoms with Gasteiger partial charge in [-0.3, -0.25) is 0 Å². The Bertz CT molecular complexity index is 232. The lowest BCUT2D eigenvalue weighted by Gasteiger charge is -2.24. The summed E-state index contributed by atoms with van der Waals surface area (Å²) in [4.78, 5) is 3.37. The molecule has 0 aliphatic heterocycles. The normalized spacial score (nSPS) is 15.9. The molecule has 0 unspecified atom stereocenters. The van der Waals surface area contributed by atoms with Crippen molar-refractivity contribution in [2.75, 3.05) is 0 Å². The summed E-state index contributed by atoms with van der Waals surface area (Å²) in [5.74, 6) is 0. The largest absolute Gasteiger partial charge is 0.256 e. The van der Waals surface area contributed by atoms with E-state index in [4.69, 9.17) is 104 Å². The van der Waals surface area contributed by atoms with Gasteiger partial charge in [0.15, 0.2) is 5.17 Å². The Morgan fingerprint density at radius 3 is 1.36 bits per heavy atom. The summed E-state index contributed by atoms with van der Waals surface area (Å²) >= 11 is 48.8. The number of aliphatic imine (C=N–C) groups is 1. The molecule has 0 aromatic carbocycles. The maximum absolute atomic E-state index is 5.53. The van der Waals surface area contributed by atoms with Crippen LogP contribution in [0.4, 0.5) is 0 Å². The van der Waals surface area contributed by atoms with Crippen molar-refractivity contribution in [1.82, 2.24) is 0 Å². The average Bonchev–Trinajstić information content (AvgIpc) is 1.80. The topological polar surface area (TPSA) is 12.4 Å². The van der Waals surface area contributed by atoms with Gasteiger partial charge in [0.1, 0.15) is 0 Å². The second kappa shape index (κ2) is 5.29. The first-order valence-corrected chi connectivity index (χ1v) is 6.05. The molecule has 0 saturated carbocycles. The first-order valence-electron chi connectivity index (χ1n) is 2.65. The van der Waals surface area contributed by atoms with Crippen LogP contribution >= 0.6 is 104 Å². The van der Waals surface area contributed by atoms with Crippen LogP contribution in [0, 0.1) is 0 Å². The summed E-state index contributed by atoms with van der Waals surface area (Å²) < 4.78 is -6.22. The third-order valence-corrected chi connectivity index (χ3v) is 4.15. The summed E-state index contributed by atoms with van der Waals surface area (Å²) in [5.41, 5.74) is 0. The lowest BCUT2D eigenvalue weighted by atomic mass is 10.7. The molecule has 14 heavy (non-hydrogen) atoms. The van der Waals surface area contributed by atoms with Gasteiger partial charge in [0, 0.05) is 0 Å². The van der Waals surface area contributed by atoms with Crippen molar-refractivity contribution in [2.24, 2.45) is 4.99 Å². The van der Waals surface area contributed by atoms with Gasteiger partial charge in [-0.1, -0.05) is 104 Å². The van der Waals surface area contributed by atoms with E-state index in [-0.39, 0.29) is 0 Å². The monoisotopic (exact) mass is 377 g/mol. The third-order valence-electron chi connectivity index (χ3n) is 0.814. The number of alkyl halides is 8. The molecule has 0 atom stereocenters. The molecule has 0 spiro atoms. The second-order valence-electron chi connectivity index (χ2n) is 1.94. The average molecular weight is 381 g/mol. The molecule has 0 rings (SSSR count). The fourth-order valence-electron chi connectivity index (χ4n) is 0.250. The van der Waals surface area contributed by atoms with Crippen molar-refractivity contribution >= 4 is 110 Å². The van der Waals surface area contributed by atoms with Crippen molar-refractivity contribution < 1.29 is 0 Å². The van der Waals surface area contributed by atoms with Crippen LogP contribution in [0.15, 0.2) is 4.99 Å². The maximum atomic E-state index is 5.53. The van der Waals surface area contributed by atoms with E-state index in [0.29, 0.717) is 0 Å². The lowest BCUT2D eigenvalue weighted by molar-refractivity contribution is 0.850. The summed E-state index contributed by atoms with van der Waals surface area (Å²) in [6.07, 6.45) is 0. The van der Waals surface area contributed by atoms with Crippen LogP contribution in [0.1, 0.15) is 0 Å². The molecule has 0 fully saturated rings. The minimum Gasteiger partial charge on any atom is -0.230 e. The van der Waals surface area contributed by atoms with Crippen LogP contribution in [-0.4, -0.2) is 17.2 Å². The van der Waals surface area contributed by atoms with E-state index in [1.807, 2.05) is 0 Å². The van der Waals surface area contributed by atoms with Crippen LogP contribution in [0.2, 0.25) is 0 Å². The van der Waals surface area contributed by atoms with E-state index in [0.717, 1.165) is 0 Å². The van der Waals surface area contributed by atoms with Gasteiger partial charge in [-0.15, -0.1) is 0 Å². The van der Waals surface area contributed by atoms with Crippen molar-refractivity contribution in [3.05, 3.63) is 0 Å². The van der Waals surface area contributed by atoms with Gasteiger partial charge in [-0.25, -0.2) is 4.99 Å². The standard InChI is InChI=1S/C4Cl9N/c5-1(2(6,7)8)14-4(12,13)3(9,10)11/b14-1-. The Morgan fingerprint density at radius 1 is 0.786 bits per heavy atom. The van der Waals surface area contributed by atoms with Crippen LogP contribution in [-0.2, 0) is 0 Å². The van der Waals surface area contributed by atoms with Gasteiger partial charge >= 0.3 is 0 Å². The highest BCUT2D eigenvalue weighted by Crippen LogP contribution is 2.48. The number of hydrogen-bond acceptors (Lipinski definition) is 1. The Morgan fingerprint density at radius 2 is 1.14 bits per heavy atom. The van der Waals surface area contributed by atoms with E-state index in [1.54, 1.807) is 0 Å². The zero-order chi connectivity index (χ0) is 11.8. The number of halogens is 9. The molecule has 10 heteroatoms. The van der Waals surface area contributed by atoms with Crippen molar-refractivity contribution in [3.8, 4) is 0 Å². The minimum atomic E-state index is -2.14. The van der Waals surface area contributed by atoms with Gasteiger partial charge in [-0.2, -0.15) is 0 Å². The molecule has 0 radical (unpaired) electrons. The van der Waals surface area contributed by atoms with Crippen molar-refractivity contribution in [1.29, 1.82) is 0 Å². The first-order chi connectivity index (χ1) is 5.88. The van der Waals surface area contributed by atoms with Gasteiger partial charge in [0.2, 0.25) is 7.59 Å². The summed E-state index contributed by atoms with van der Waals surface area (Å²) in [5, 5.41) is -0.515. The van der Waals surface area contributed by atoms with Crippen LogP contribution in [0.5, 0.6) is 0 Å². The van der Waals surface area contributed by atoms with Crippen molar-refractivity contribution in [3.63, 3.8) is 0 Å². The maximum Gasteiger partial charge on any atom is 0.256 e. The number of rotatable bonds is 1. The third kappa shape index (κ3) is 5.07. The highest BCUT2D eigenvalue weighted by Gasteiger charge is 2.47. The zero-order valence-corrected chi connectivity index (χ0v) is 12.7. The molecule has 0 aliphatic carbocycles. The van der Waals surface area contributed by atoms with Crippen LogP contribution in [0.25, 0.3) is 0 Å². The molecule has 0 aliphatic rings. The molecule has 0 amide bonds. The summed E-state index contributed by atoms with van der Waals surface area (Å²) in [7, 11) is 0. The molecule has 0 bridgehead atoms. The number of nitrogens with zero attached hydrogens (tertiary/aromatic N) is 1. The highest BCUT2D eigenvalue weighted by molar-refractivity contribution is 6.90. The van der Waals surface area contributed by atoms with E-state index >= 15 is 0 Å². The predicted molar refractivity (Wildman–Crippen MR) is 68.3 cm³/mol. The molecule has 0 aromatic rings. The zero-order valence-electron chi connectivity index (χ0n) is 5.85. The molecular weight excluding hydrogens is 381 g/mol. The predicted octanol–water partition coefficient (Wildman–Crippen LogP) is 5.50. The fourth-order valence-corrected chi connectivity index (χ4v) is 0.886. The minimum absolute atomic E-state index is 0.515. The summed E-state index contributed by atoms with van der Waals surface area (Å²) in [6.45, 7) is 0. The smallest absolute Gasteiger partial charge is 0.230 e. The van der Waals surface area contributed by atoms with E-state index in [9.17, 15) is 0 Å². The van der Waals surface area contributed by atoms with E-state index < -0.39 is 17.2 Å². The fraction of sp³-hybridized carbons (Fsp3) is 0.750. The molecule has 0 saturated heterocycles. The lowest BCUT2D eigenvalue weighted by Crippen LogP contribution is -2.31. The molecule has 0 heterocycles. The Labute approximate surface area is 125 Å². The van der Waals surface area contributed by atoms with Gasteiger partial charge in [0.05, 0.1) is 0 Å². The Hall–Kier alpha value is 2.28. The summed E-state index contributed by atoms with van der Waals surface area (Å²) in [6, 6.07) is 0. The van der Waals surface area contributed by atoms with Crippen molar-refractivity contribution in [2.45, 2.75) is 12.0 Å². The Balaban J connectivity index is 5.00. The highest BCUT2D eigenvalue weighted by atomic mass is 35.6. The van der Waals surface area contributed by atoms with Gasteiger partial charge in [-0.05, 0) is 0 Å². The quantitative estimate of drug-likeness (QED) is 0.323. The Kier molecular flexibility index (Phi) is 6.15. The number of hydrogen-bond donors (Lipinski definition) is 0. The van der Waals surface area contributed by atoms with Gasteiger partial charge in [0.25, 0.3) is 4.46 Å². The first kappa shape index (κ1) is 16.3. The van der Waals surface area contributed by atoms with Gasteiger partial charge < -0.3 is 0 Å².